The molecule has 0 heterocycles. The summed E-state index contributed by atoms with van der Waals surface area (Å²) < 4.78 is 63.1. The van der Waals surface area contributed by atoms with Crippen molar-refractivity contribution >= 4 is 21.8 Å². The van der Waals surface area contributed by atoms with E-state index < -0.39 is 21.8 Å². The number of nitrogens with one attached hydrogen (secondary N) is 1. The number of sulfonamides is 1. The van der Waals surface area contributed by atoms with E-state index in [1.807, 2.05) is 0 Å². The molecule has 0 spiro atoms. The van der Waals surface area contributed by atoms with Crippen LogP contribution in [-0.4, -0.2) is 8.42 Å². The molecular formula is C15H12F3NO2S. The van der Waals surface area contributed by atoms with E-state index in [1.165, 1.54) is 6.08 Å². The monoisotopic (exact) mass is 327 g/mol. The van der Waals surface area contributed by atoms with E-state index in [4.69, 9.17) is 0 Å². The lowest BCUT2D eigenvalue weighted by Crippen LogP contribution is -2.10. The molecule has 1 N–H and O–H groups in total. The van der Waals surface area contributed by atoms with E-state index in [1.54, 1.807) is 30.3 Å². The van der Waals surface area contributed by atoms with Gasteiger partial charge in [-0.15, -0.1) is 0 Å². The summed E-state index contributed by atoms with van der Waals surface area (Å²) >= 11 is 0. The van der Waals surface area contributed by atoms with Gasteiger partial charge in [-0.1, -0.05) is 30.3 Å². The van der Waals surface area contributed by atoms with E-state index in [2.05, 4.69) is 4.72 Å². The van der Waals surface area contributed by atoms with Gasteiger partial charge in [-0.3, -0.25) is 4.72 Å². The average Bonchev–Trinajstić information content (AvgIpc) is 2.46. The Morgan fingerprint density at radius 3 is 2.05 bits per heavy atom. The van der Waals surface area contributed by atoms with Crippen LogP contribution in [0.15, 0.2) is 60.0 Å². The first-order valence-electron chi connectivity index (χ1n) is 6.19. The predicted molar refractivity (Wildman–Crippen MR) is 79.5 cm³/mol. The number of halogens is 3. The van der Waals surface area contributed by atoms with Gasteiger partial charge in [0.2, 0.25) is 0 Å². The zero-order valence-corrected chi connectivity index (χ0v) is 12.0. The van der Waals surface area contributed by atoms with Gasteiger partial charge >= 0.3 is 6.18 Å². The molecule has 3 nitrogen and oxygen atoms in total. The Hall–Kier alpha value is -2.28. The average molecular weight is 327 g/mol. The Kier molecular flexibility index (Phi) is 4.56. The fourth-order valence-electron chi connectivity index (χ4n) is 1.66. The first kappa shape index (κ1) is 16.1. The second-order valence-corrected chi connectivity index (χ2v) is 6.00. The van der Waals surface area contributed by atoms with Crippen molar-refractivity contribution in [3.05, 3.63) is 71.1 Å². The van der Waals surface area contributed by atoms with Crippen molar-refractivity contribution in [2.24, 2.45) is 0 Å². The van der Waals surface area contributed by atoms with Gasteiger partial charge in [-0.2, -0.15) is 13.2 Å². The molecule has 22 heavy (non-hydrogen) atoms. The molecule has 0 aliphatic carbocycles. The van der Waals surface area contributed by atoms with Crippen LogP contribution < -0.4 is 4.72 Å². The van der Waals surface area contributed by atoms with Crippen molar-refractivity contribution in [3.63, 3.8) is 0 Å². The molecule has 0 radical (unpaired) electrons. The molecule has 0 bridgehead atoms. The van der Waals surface area contributed by atoms with Gasteiger partial charge in [0.05, 0.1) is 11.0 Å². The molecular weight excluding hydrogens is 315 g/mol. The molecule has 0 aliphatic rings. The maximum Gasteiger partial charge on any atom is 0.416 e. The summed E-state index contributed by atoms with van der Waals surface area (Å²) in [5.41, 5.74) is -0.0821. The van der Waals surface area contributed by atoms with E-state index in [-0.39, 0.29) is 5.69 Å². The van der Waals surface area contributed by atoms with Crippen molar-refractivity contribution in [1.82, 2.24) is 0 Å². The number of benzene rings is 2. The zero-order chi connectivity index (χ0) is 16.2. The molecule has 0 fully saturated rings. The predicted octanol–water partition coefficient (Wildman–Crippen LogP) is 4.12. The van der Waals surface area contributed by atoms with Crippen LogP contribution in [0.1, 0.15) is 11.1 Å². The van der Waals surface area contributed by atoms with E-state index in [0.29, 0.717) is 5.56 Å². The number of alkyl halides is 3. The van der Waals surface area contributed by atoms with Crippen LogP contribution in [0.5, 0.6) is 0 Å². The Bertz CT molecular complexity index is 752. The summed E-state index contributed by atoms with van der Waals surface area (Å²) in [6.45, 7) is 0. The van der Waals surface area contributed by atoms with Crippen molar-refractivity contribution < 1.29 is 21.6 Å². The van der Waals surface area contributed by atoms with Gasteiger partial charge in [0, 0.05) is 5.69 Å². The second kappa shape index (κ2) is 6.23. The highest BCUT2D eigenvalue weighted by Gasteiger charge is 2.30. The fraction of sp³-hybridized carbons (Fsp3) is 0.0667. The third-order valence-electron chi connectivity index (χ3n) is 2.71. The molecule has 0 aliphatic heterocycles. The molecule has 0 atom stereocenters. The third-order valence-corrected chi connectivity index (χ3v) is 3.73. The van der Waals surface area contributed by atoms with Crippen molar-refractivity contribution in [2.75, 3.05) is 4.72 Å². The van der Waals surface area contributed by atoms with Gasteiger partial charge < -0.3 is 0 Å². The molecule has 2 aromatic rings. The number of rotatable bonds is 4. The van der Waals surface area contributed by atoms with Crippen LogP contribution in [0, 0.1) is 0 Å². The Labute approximate surface area is 126 Å². The zero-order valence-electron chi connectivity index (χ0n) is 11.2. The first-order chi connectivity index (χ1) is 10.3. The van der Waals surface area contributed by atoms with E-state index in [0.717, 1.165) is 29.7 Å². The highest BCUT2D eigenvalue weighted by molar-refractivity contribution is 7.95. The maximum absolute atomic E-state index is 12.4. The van der Waals surface area contributed by atoms with Gasteiger partial charge in [0.15, 0.2) is 0 Å². The summed E-state index contributed by atoms with van der Waals surface area (Å²) in [7, 11) is -3.79. The highest BCUT2D eigenvalue weighted by Crippen LogP contribution is 2.29. The minimum atomic E-state index is -4.45. The van der Waals surface area contributed by atoms with Gasteiger partial charge in [0.1, 0.15) is 0 Å². The van der Waals surface area contributed by atoms with Gasteiger partial charge in [-0.25, -0.2) is 8.42 Å². The lowest BCUT2D eigenvalue weighted by atomic mass is 10.2. The van der Waals surface area contributed by atoms with Gasteiger partial charge in [0.25, 0.3) is 10.0 Å². The lowest BCUT2D eigenvalue weighted by Gasteiger charge is -2.08. The smallest absolute Gasteiger partial charge is 0.280 e. The standard InChI is InChI=1S/C15H12F3NO2S/c16-15(17,18)13-6-8-14(9-7-13)19-22(20,21)11-10-12-4-2-1-3-5-12/h1-11,19H/b11-10+. The van der Waals surface area contributed by atoms with Gasteiger partial charge in [-0.05, 0) is 35.9 Å². The molecule has 0 aromatic heterocycles. The van der Waals surface area contributed by atoms with E-state index in [9.17, 15) is 21.6 Å². The molecule has 2 rings (SSSR count). The number of hydrogen-bond donors (Lipinski definition) is 1. The van der Waals surface area contributed by atoms with Crippen LogP contribution in [0.3, 0.4) is 0 Å². The molecule has 0 saturated heterocycles. The van der Waals surface area contributed by atoms with Crippen molar-refractivity contribution in [1.29, 1.82) is 0 Å². The topological polar surface area (TPSA) is 46.2 Å². The summed E-state index contributed by atoms with van der Waals surface area (Å²) in [6, 6.07) is 12.5. The third kappa shape index (κ3) is 4.63. The summed E-state index contributed by atoms with van der Waals surface area (Å²) in [5, 5.41) is 0.958. The summed E-state index contributed by atoms with van der Waals surface area (Å²) in [6.07, 6.45) is -3.06. The maximum atomic E-state index is 12.4. The van der Waals surface area contributed by atoms with Crippen LogP contribution >= 0.6 is 0 Å². The molecule has 0 unspecified atom stereocenters. The Morgan fingerprint density at radius 1 is 0.909 bits per heavy atom. The largest absolute Gasteiger partial charge is 0.416 e. The SMILES string of the molecule is O=S(=O)(/C=C/c1ccccc1)Nc1ccc(C(F)(F)F)cc1. The molecule has 116 valence electrons. The summed E-state index contributed by atoms with van der Waals surface area (Å²) in [4.78, 5) is 0. The van der Waals surface area contributed by atoms with E-state index >= 15 is 0 Å². The molecule has 0 saturated carbocycles. The lowest BCUT2D eigenvalue weighted by molar-refractivity contribution is -0.137. The highest BCUT2D eigenvalue weighted by atomic mass is 32.2. The van der Waals surface area contributed by atoms with Crippen LogP contribution in [0.25, 0.3) is 6.08 Å². The van der Waals surface area contributed by atoms with Crippen LogP contribution in [0.4, 0.5) is 18.9 Å². The second-order valence-electron chi connectivity index (χ2n) is 4.44. The summed E-state index contributed by atoms with van der Waals surface area (Å²) in [5.74, 6) is 0. The van der Waals surface area contributed by atoms with Crippen molar-refractivity contribution in [2.45, 2.75) is 6.18 Å². The number of anilines is 1. The quantitative estimate of drug-likeness (QED) is 0.918. The number of hydrogen-bond acceptors (Lipinski definition) is 2. The van der Waals surface area contributed by atoms with Crippen molar-refractivity contribution in [3.8, 4) is 0 Å². The Morgan fingerprint density at radius 2 is 1.50 bits per heavy atom. The van der Waals surface area contributed by atoms with Crippen LogP contribution in [0.2, 0.25) is 0 Å². The normalized spacial score (nSPS) is 12.5. The fourth-order valence-corrected chi connectivity index (χ4v) is 2.53. The van der Waals surface area contributed by atoms with Crippen LogP contribution in [-0.2, 0) is 16.2 Å². The Balaban J connectivity index is 2.10. The molecule has 2 aromatic carbocycles. The molecule has 0 amide bonds. The first-order valence-corrected chi connectivity index (χ1v) is 7.74. The minimum absolute atomic E-state index is 0.0608. The molecule has 7 heteroatoms. The minimum Gasteiger partial charge on any atom is -0.280 e.